The first-order valence-electron chi connectivity index (χ1n) is 7.06. The number of nitrogens with one attached hydrogen (secondary N) is 1. The average Bonchev–Trinajstić information content (AvgIpc) is 3.18. The molecule has 1 aliphatic heterocycles. The molecule has 0 saturated heterocycles. The Morgan fingerprint density at radius 3 is 2.74 bits per heavy atom. The summed E-state index contributed by atoms with van der Waals surface area (Å²) in [5.74, 6) is 1.40. The maximum absolute atomic E-state index is 12.3. The van der Waals surface area contributed by atoms with E-state index in [0.717, 1.165) is 5.56 Å². The number of fused-ring (bicyclic) bond motifs is 1. The molecular formula is C15H18N2O4S2. The minimum atomic E-state index is -3.48. The topological polar surface area (TPSA) is 67.9 Å². The van der Waals surface area contributed by atoms with Crippen LogP contribution in [-0.2, 0) is 10.0 Å². The molecule has 1 aromatic carbocycles. The number of rotatable bonds is 6. The lowest BCUT2D eigenvalue weighted by molar-refractivity contribution is 0.174. The average molecular weight is 354 g/mol. The Bertz CT molecular complexity index is 773. The first-order chi connectivity index (χ1) is 11.0. The van der Waals surface area contributed by atoms with E-state index in [1.165, 1.54) is 11.3 Å². The number of ether oxygens (including phenoxy) is 2. The summed E-state index contributed by atoms with van der Waals surface area (Å²) >= 11 is 1.20. The second kappa shape index (κ2) is 6.48. The van der Waals surface area contributed by atoms with E-state index >= 15 is 0 Å². The summed E-state index contributed by atoms with van der Waals surface area (Å²) in [5, 5.41) is 1.75. The molecule has 2 aromatic rings. The third-order valence-corrected chi connectivity index (χ3v) is 6.45. The van der Waals surface area contributed by atoms with E-state index in [1.807, 2.05) is 37.2 Å². The molecule has 2 heterocycles. The molecule has 0 fully saturated rings. The van der Waals surface area contributed by atoms with Crippen LogP contribution in [0.4, 0.5) is 0 Å². The number of thiophene rings is 1. The maximum atomic E-state index is 12.3. The van der Waals surface area contributed by atoms with Crippen LogP contribution in [0.2, 0.25) is 0 Å². The lowest BCUT2D eigenvalue weighted by Crippen LogP contribution is -2.34. The SMILES string of the molecule is CN(C)C(CNS(=O)(=O)c1cccs1)c1ccc2c(c1)OCO2. The molecule has 1 unspecified atom stereocenters. The number of sulfonamides is 1. The van der Waals surface area contributed by atoms with Gasteiger partial charge < -0.3 is 14.4 Å². The van der Waals surface area contributed by atoms with Crippen molar-refractivity contribution in [1.29, 1.82) is 0 Å². The number of likely N-dealkylation sites (N-methyl/N-ethyl adjacent to an activating group) is 1. The first kappa shape index (κ1) is 16.3. The molecule has 3 rings (SSSR count). The molecule has 0 spiro atoms. The smallest absolute Gasteiger partial charge is 0.250 e. The van der Waals surface area contributed by atoms with Crippen LogP contribution in [0.3, 0.4) is 0 Å². The van der Waals surface area contributed by atoms with Crippen LogP contribution in [0.5, 0.6) is 11.5 Å². The molecule has 0 amide bonds. The molecule has 0 aliphatic carbocycles. The Balaban J connectivity index is 1.78. The van der Waals surface area contributed by atoms with Gasteiger partial charge in [0.15, 0.2) is 11.5 Å². The van der Waals surface area contributed by atoms with E-state index < -0.39 is 10.0 Å². The predicted molar refractivity (Wildman–Crippen MR) is 88.5 cm³/mol. The molecule has 0 bridgehead atoms. The lowest BCUT2D eigenvalue weighted by Gasteiger charge is -2.25. The summed E-state index contributed by atoms with van der Waals surface area (Å²) < 4.78 is 38.3. The summed E-state index contributed by atoms with van der Waals surface area (Å²) in [4.78, 5) is 1.97. The first-order valence-corrected chi connectivity index (χ1v) is 9.43. The van der Waals surface area contributed by atoms with Gasteiger partial charge >= 0.3 is 0 Å². The Hall–Kier alpha value is -1.61. The number of nitrogens with zero attached hydrogens (tertiary/aromatic N) is 1. The van der Waals surface area contributed by atoms with Crippen molar-refractivity contribution >= 4 is 21.4 Å². The van der Waals surface area contributed by atoms with E-state index in [9.17, 15) is 8.42 Å². The normalized spacial score (nSPS) is 15.1. The quantitative estimate of drug-likeness (QED) is 0.860. The summed E-state index contributed by atoms with van der Waals surface area (Å²) in [6.45, 7) is 0.489. The van der Waals surface area contributed by atoms with Gasteiger partial charge in [-0.2, -0.15) is 0 Å². The molecule has 1 atom stereocenters. The molecule has 6 nitrogen and oxygen atoms in total. The van der Waals surface area contributed by atoms with Gasteiger partial charge in [0.2, 0.25) is 16.8 Å². The van der Waals surface area contributed by atoms with Crippen LogP contribution < -0.4 is 14.2 Å². The minimum absolute atomic E-state index is 0.112. The Labute approximate surface area is 139 Å². The van der Waals surface area contributed by atoms with Gasteiger partial charge in [0.25, 0.3) is 0 Å². The van der Waals surface area contributed by atoms with Crippen molar-refractivity contribution in [2.45, 2.75) is 10.3 Å². The van der Waals surface area contributed by atoms with E-state index in [4.69, 9.17) is 9.47 Å². The van der Waals surface area contributed by atoms with Crippen LogP contribution >= 0.6 is 11.3 Å². The molecule has 0 radical (unpaired) electrons. The van der Waals surface area contributed by atoms with Gasteiger partial charge in [0, 0.05) is 12.6 Å². The largest absolute Gasteiger partial charge is 0.454 e. The number of hydrogen-bond donors (Lipinski definition) is 1. The van der Waals surface area contributed by atoms with Crippen molar-refractivity contribution in [2.75, 3.05) is 27.4 Å². The fraction of sp³-hybridized carbons (Fsp3) is 0.333. The Kier molecular flexibility index (Phi) is 4.58. The third-order valence-electron chi connectivity index (χ3n) is 3.63. The highest BCUT2D eigenvalue weighted by molar-refractivity contribution is 7.91. The Morgan fingerprint density at radius 1 is 1.26 bits per heavy atom. The fourth-order valence-electron chi connectivity index (χ4n) is 2.40. The van der Waals surface area contributed by atoms with Gasteiger partial charge in [-0.05, 0) is 43.2 Å². The molecule has 124 valence electrons. The second-order valence-corrected chi connectivity index (χ2v) is 8.32. The summed E-state index contributed by atoms with van der Waals surface area (Å²) in [6, 6.07) is 8.88. The second-order valence-electron chi connectivity index (χ2n) is 5.38. The van der Waals surface area contributed by atoms with Gasteiger partial charge in [0.1, 0.15) is 4.21 Å². The van der Waals surface area contributed by atoms with Gasteiger partial charge in [-0.25, -0.2) is 13.1 Å². The maximum Gasteiger partial charge on any atom is 0.250 e. The summed E-state index contributed by atoms with van der Waals surface area (Å²) in [5.41, 5.74) is 0.966. The molecule has 1 aromatic heterocycles. The number of benzene rings is 1. The zero-order chi connectivity index (χ0) is 16.4. The van der Waals surface area contributed by atoms with Crippen molar-refractivity contribution in [3.05, 3.63) is 41.3 Å². The fourth-order valence-corrected chi connectivity index (χ4v) is 4.47. The predicted octanol–water partition coefficient (Wildman–Crippen LogP) is 2.06. The zero-order valence-corrected chi connectivity index (χ0v) is 14.5. The molecule has 8 heteroatoms. The number of hydrogen-bond acceptors (Lipinski definition) is 6. The van der Waals surface area contributed by atoms with Crippen molar-refractivity contribution in [1.82, 2.24) is 9.62 Å². The molecular weight excluding hydrogens is 336 g/mol. The van der Waals surface area contributed by atoms with Crippen molar-refractivity contribution in [3.63, 3.8) is 0 Å². The van der Waals surface area contributed by atoms with Crippen molar-refractivity contribution in [3.8, 4) is 11.5 Å². The lowest BCUT2D eigenvalue weighted by atomic mass is 10.1. The van der Waals surface area contributed by atoms with Crippen LogP contribution in [-0.4, -0.2) is 40.8 Å². The van der Waals surface area contributed by atoms with E-state index in [1.54, 1.807) is 17.5 Å². The van der Waals surface area contributed by atoms with Crippen molar-refractivity contribution in [2.24, 2.45) is 0 Å². The molecule has 1 aliphatic rings. The molecule has 0 saturated carbocycles. The Morgan fingerprint density at radius 2 is 2.04 bits per heavy atom. The van der Waals surface area contributed by atoms with E-state index in [-0.39, 0.29) is 19.4 Å². The summed E-state index contributed by atoms with van der Waals surface area (Å²) in [7, 11) is 0.344. The highest BCUT2D eigenvalue weighted by Crippen LogP contribution is 2.35. The van der Waals surface area contributed by atoms with Crippen LogP contribution in [0.1, 0.15) is 11.6 Å². The van der Waals surface area contributed by atoms with Crippen LogP contribution in [0.15, 0.2) is 39.9 Å². The third kappa shape index (κ3) is 3.50. The summed E-state index contributed by atoms with van der Waals surface area (Å²) in [6.07, 6.45) is 0. The van der Waals surface area contributed by atoms with Gasteiger partial charge in [-0.3, -0.25) is 0 Å². The molecule has 1 N–H and O–H groups in total. The van der Waals surface area contributed by atoms with Gasteiger partial charge in [-0.15, -0.1) is 11.3 Å². The van der Waals surface area contributed by atoms with Crippen molar-refractivity contribution < 1.29 is 17.9 Å². The van der Waals surface area contributed by atoms with E-state index in [2.05, 4.69) is 4.72 Å². The zero-order valence-electron chi connectivity index (χ0n) is 12.9. The monoisotopic (exact) mass is 354 g/mol. The highest BCUT2D eigenvalue weighted by Gasteiger charge is 2.22. The standard InChI is InChI=1S/C15H18N2O4S2/c1-17(2)12(9-16-23(18,19)15-4-3-7-22-15)11-5-6-13-14(8-11)21-10-20-13/h3-8,12,16H,9-10H2,1-2H3. The van der Waals surface area contributed by atoms with Crippen LogP contribution in [0.25, 0.3) is 0 Å². The van der Waals surface area contributed by atoms with E-state index in [0.29, 0.717) is 15.7 Å². The van der Waals surface area contributed by atoms with Gasteiger partial charge in [0.05, 0.1) is 0 Å². The molecule has 23 heavy (non-hydrogen) atoms. The van der Waals surface area contributed by atoms with Gasteiger partial charge in [-0.1, -0.05) is 12.1 Å². The highest BCUT2D eigenvalue weighted by atomic mass is 32.2. The minimum Gasteiger partial charge on any atom is -0.454 e. The van der Waals surface area contributed by atoms with Crippen LogP contribution in [0, 0.1) is 0 Å².